The molecule has 0 atom stereocenters. The maximum absolute atomic E-state index is 4.88. The normalized spacial score (nSPS) is 10.6. The molecule has 1 heteroatoms. The molecule has 0 bridgehead atoms. The summed E-state index contributed by atoms with van der Waals surface area (Å²) >= 11 is 0. The molecule has 58 valence electrons. The Morgan fingerprint density at radius 3 is 2.64 bits per heavy atom. The van der Waals surface area contributed by atoms with Crippen LogP contribution in [-0.2, 0) is 4.74 Å². The Kier molecular flexibility index (Phi) is 3.42. The summed E-state index contributed by atoms with van der Waals surface area (Å²) in [5.74, 6) is 0. The molecule has 0 aliphatic heterocycles. The fraction of sp³-hybridized carbons (Fsp3) is 0.200. The Morgan fingerprint density at radius 2 is 2.00 bits per heavy atom. The van der Waals surface area contributed by atoms with Gasteiger partial charge in [0.15, 0.2) is 0 Å². The minimum Gasteiger partial charge on any atom is -0.381 e. The number of rotatable bonds is 3. The van der Waals surface area contributed by atoms with Crippen LogP contribution in [0.5, 0.6) is 0 Å². The first-order valence-electron chi connectivity index (χ1n) is 3.64. The highest BCUT2D eigenvalue weighted by Gasteiger charge is 1.80. The molecule has 11 heavy (non-hydrogen) atoms. The van der Waals surface area contributed by atoms with Gasteiger partial charge in [0.05, 0.1) is 6.61 Å². The fourth-order valence-electron chi connectivity index (χ4n) is 0.845. The first kappa shape index (κ1) is 8.02. The molecule has 0 spiro atoms. The van der Waals surface area contributed by atoms with E-state index < -0.39 is 0 Å². The van der Waals surface area contributed by atoms with Gasteiger partial charge in [-0.05, 0) is 5.56 Å². The van der Waals surface area contributed by atoms with E-state index >= 15 is 0 Å². The second kappa shape index (κ2) is 4.69. The van der Waals surface area contributed by atoms with E-state index in [1.54, 1.807) is 7.11 Å². The molecule has 0 radical (unpaired) electrons. The number of ether oxygens (including phenoxy) is 1. The molecule has 0 aromatic heterocycles. The first-order valence-corrected chi connectivity index (χ1v) is 3.64. The van der Waals surface area contributed by atoms with Crippen molar-refractivity contribution < 1.29 is 4.74 Å². The Hall–Kier alpha value is -1.08. The lowest BCUT2D eigenvalue weighted by Crippen LogP contribution is -1.79. The summed E-state index contributed by atoms with van der Waals surface area (Å²) in [4.78, 5) is 0. The number of benzene rings is 1. The molecule has 0 aliphatic carbocycles. The number of hydrogen-bond acceptors (Lipinski definition) is 1. The van der Waals surface area contributed by atoms with Crippen molar-refractivity contribution in [1.82, 2.24) is 0 Å². The van der Waals surface area contributed by atoms with E-state index in [2.05, 4.69) is 12.1 Å². The third kappa shape index (κ3) is 3.01. The second-order valence-corrected chi connectivity index (χ2v) is 2.27. The monoisotopic (exact) mass is 148 g/mol. The lowest BCUT2D eigenvalue weighted by Gasteiger charge is -1.90. The van der Waals surface area contributed by atoms with E-state index in [1.165, 1.54) is 5.56 Å². The molecule has 1 nitrogen and oxygen atoms in total. The topological polar surface area (TPSA) is 9.23 Å². The van der Waals surface area contributed by atoms with Crippen LogP contribution in [0.1, 0.15) is 5.56 Å². The average Bonchev–Trinajstić information content (AvgIpc) is 2.07. The average molecular weight is 148 g/mol. The van der Waals surface area contributed by atoms with Gasteiger partial charge in [-0.25, -0.2) is 0 Å². The van der Waals surface area contributed by atoms with Crippen molar-refractivity contribution in [2.45, 2.75) is 0 Å². The molecular formula is C10H12O. The Balaban J connectivity index is 2.50. The van der Waals surface area contributed by atoms with Gasteiger partial charge in [-0.1, -0.05) is 42.5 Å². The van der Waals surface area contributed by atoms with Crippen molar-refractivity contribution in [3.05, 3.63) is 42.0 Å². The number of methoxy groups -OCH3 is 1. The van der Waals surface area contributed by atoms with Crippen LogP contribution in [0.25, 0.3) is 6.08 Å². The van der Waals surface area contributed by atoms with Crippen molar-refractivity contribution in [3.8, 4) is 0 Å². The molecule has 0 aliphatic rings. The van der Waals surface area contributed by atoms with E-state index in [9.17, 15) is 0 Å². The van der Waals surface area contributed by atoms with Crippen LogP contribution in [0, 0.1) is 0 Å². The first-order chi connectivity index (χ1) is 5.43. The summed E-state index contributed by atoms with van der Waals surface area (Å²) in [5, 5.41) is 0. The fourth-order valence-corrected chi connectivity index (χ4v) is 0.845. The molecular weight excluding hydrogens is 136 g/mol. The van der Waals surface area contributed by atoms with Crippen molar-refractivity contribution in [2.24, 2.45) is 0 Å². The number of hydrogen-bond donors (Lipinski definition) is 0. The van der Waals surface area contributed by atoms with Gasteiger partial charge >= 0.3 is 0 Å². The van der Waals surface area contributed by atoms with E-state index in [-0.39, 0.29) is 0 Å². The lowest BCUT2D eigenvalue weighted by molar-refractivity contribution is 0.234. The summed E-state index contributed by atoms with van der Waals surface area (Å²) < 4.78 is 4.88. The maximum Gasteiger partial charge on any atom is 0.0646 e. The molecule has 0 heterocycles. The lowest BCUT2D eigenvalue weighted by atomic mass is 10.2. The van der Waals surface area contributed by atoms with Crippen LogP contribution in [0.3, 0.4) is 0 Å². The van der Waals surface area contributed by atoms with Crippen molar-refractivity contribution >= 4 is 6.08 Å². The molecule has 1 aromatic rings. The maximum atomic E-state index is 4.88. The Morgan fingerprint density at radius 1 is 1.27 bits per heavy atom. The van der Waals surface area contributed by atoms with Crippen molar-refractivity contribution in [3.63, 3.8) is 0 Å². The van der Waals surface area contributed by atoms with E-state index in [0.717, 1.165) is 0 Å². The second-order valence-electron chi connectivity index (χ2n) is 2.27. The van der Waals surface area contributed by atoms with Crippen molar-refractivity contribution in [1.29, 1.82) is 0 Å². The van der Waals surface area contributed by atoms with Crippen LogP contribution < -0.4 is 0 Å². The van der Waals surface area contributed by atoms with Crippen molar-refractivity contribution in [2.75, 3.05) is 13.7 Å². The predicted octanol–water partition coefficient (Wildman–Crippen LogP) is 2.35. The molecule has 1 rings (SSSR count). The van der Waals surface area contributed by atoms with E-state index in [0.29, 0.717) is 6.61 Å². The molecule has 1 aromatic carbocycles. The van der Waals surface area contributed by atoms with Gasteiger partial charge in [-0.2, -0.15) is 0 Å². The summed E-state index contributed by atoms with van der Waals surface area (Å²) in [6.07, 6.45) is 4.04. The van der Waals surface area contributed by atoms with Crippen LogP contribution in [0.15, 0.2) is 36.4 Å². The zero-order chi connectivity index (χ0) is 7.94. The van der Waals surface area contributed by atoms with Crippen LogP contribution in [0.4, 0.5) is 0 Å². The van der Waals surface area contributed by atoms with E-state index in [1.807, 2.05) is 30.4 Å². The predicted molar refractivity (Wildman–Crippen MR) is 47.4 cm³/mol. The molecule has 0 fully saturated rings. The molecule has 0 unspecified atom stereocenters. The summed E-state index contributed by atoms with van der Waals surface area (Å²) in [6, 6.07) is 10.2. The van der Waals surface area contributed by atoms with Gasteiger partial charge in [-0.15, -0.1) is 0 Å². The van der Waals surface area contributed by atoms with Gasteiger partial charge in [-0.3, -0.25) is 0 Å². The van der Waals surface area contributed by atoms with Gasteiger partial charge in [0.25, 0.3) is 0 Å². The van der Waals surface area contributed by atoms with Crippen LogP contribution in [0.2, 0.25) is 0 Å². The Bertz CT molecular complexity index is 214. The molecule has 0 amide bonds. The third-order valence-corrected chi connectivity index (χ3v) is 1.37. The standard InChI is InChI=1S/C10H12O/c1-11-9-5-8-10-6-3-2-4-7-10/h2-8H,9H2,1H3. The minimum atomic E-state index is 0.675. The molecule has 0 saturated carbocycles. The van der Waals surface area contributed by atoms with Gasteiger partial charge in [0.2, 0.25) is 0 Å². The van der Waals surface area contributed by atoms with Crippen LogP contribution in [-0.4, -0.2) is 13.7 Å². The highest BCUT2D eigenvalue weighted by Crippen LogP contribution is 1.99. The SMILES string of the molecule is COCC=Cc1ccccc1. The Labute approximate surface area is 67.3 Å². The van der Waals surface area contributed by atoms with Gasteiger partial charge < -0.3 is 4.74 Å². The minimum absolute atomic E-state index is 0.675. The largest absolute Gasteiger partial charge is 0.381 e. The zero-order valence-electron chi connectivity index (χ0n) is 6.66. The molecule has 0 N–H and O–H groups in total. The summed E-state index contributed by atoms with van der Waals surface area (Å²) in [5.41, 5.74) is 1.21. The summed E-state index contributed by atoms with van der Waals surface area (Å²) in [6.45, 7) is 0.675. The van der Waals surface area contributed by atoms with Crippen LogP contribution >= 0.6 is 0 Å². The van der Waals surface area contributed by atoms with Gasteiger partial charge in [0.1, 0.15) is 0 Å². The van der Waals surface area contributed by atoms with E-state index in [4.69, 9.17) is 4.74 Å². The molecule has 0 saturated heterocycles. The van der Waals surface area contributed by atoms with Gasteiger partial charge in [0, 0.05) is 7.11 Å². The highest BCUT2D eigenvalue weighted by molar-refractivity contribution is 5.48. The highest BCUT2D eigenvalue weighted by atomic mass is 16.5. The quantitative estimate of drug-likeness (QED) is 0.639. The third-order valence-electron chi connectivity index (χ3n) is 1.37. The smallest absolute Gasteiger partial charge is 0.0646 e. The summed E-state index contributed by atoms with van der Waals surface area (Å²) in [7, 11) is 1.69. The zero-order valence-corrected chi connectivity index (χ0v) is 6.66.